The summed E-state index contributed by atoms with van der Waals surface area (Å²) in [5, 5.41) is 14.6. The largest absolute Gasteiger partial charge is 0.437 e. The third-order valence-corrected chi connectivity index (χ3v) is 4.12. The number of nitrogens with one attached hydrogen (secondary N) is 1. The van der Waals surface area contributed by atoms with Gasteiger partial charge in [-0.05, 0) is 43.3 Å². The summed E-state index contributed by atoms with van der Waals surface area (Å²) in [5.74, 6) is 1.09. The number of alkyl carbamates (subject to hydrolysis) is 1. The van der Waals surface area contributed by atoms with Crippen LogP contribution in [-0.2, 0) is 4.74 Å². The molecule has 2 heterocycles. The van der Waals surface area contributed by atoms with Crippen molar-refractivity contribution in [3.8, 4) is 5.69 Å². The SMILES string of the molecule is CC(C)(C)NC(=O)O[C@H]1CSc2ccccc2-n2nnnc21. The minimum atomic E-state index is -0.505. The summed E-state index contributed by atoms with van der Waals surface area (Å²) in [6.07, 6.45) is -0.978. The molecule has 1 aromatic carbocycles. The van der Waals surface area contributed by atoms with Crippen molar-refractivity contribution in [2.75, 3.05) is 5.75 Å². The summed E-state index contributed by atoms with van der Waals surface area (Å²) in [6.45, 7) is 5.70. The Bertz CT molecular complexity index is 695. The minimum absolute atomic E-state index is 0.357. The van der Waals surface area contributed by atoms with E-state index in [2.05, 4.69) is 20.8 Å². The highest BCUT2D eigenvalue weighted by molar-refractivity contribution is 7.99. The summed E-state index contributed by atoms with van der Waals surface area (Å²) >= 11 is 1.61. The Labute approximate surface area is 132 Å². The number of carbonyl (C=O) groups is 1. The van der Waals surface area contributed by atoms with E-state index in [1.54, 1.807) is 16.4 Å². The molecular formula is C14H17N5O2S. The molecule has 1 amide bonds. The first-order chi connectivity index (χ1) is 10.4. The number of hydrogen-bond donors (Lipinski definition) is 1. The van der Waals surface area contributed by atoms with Gasteiger partial charge in [-0.2, -0.15) is 4.68 Å². The Morgan fingerprint density at radius 3 is 2.95 bits per heavy atom. The van der Waals surface area contributed by atoms with Crippen LogP contribution in [0.15, 0.2) is 29.2 Å². The zero-order chi connectivity index (χ0) is 15.7. The van der Waals surface area contributed by atoms with E-state index < -0.39 is 12.2 Å². The lowest BCUT2D eigenvalue weighted by atomic mass is 10.1. The molecule has 1 N–H and O–H groups in total. The first-order valence-electron chi connectivity index (χ1n) is 6.93. The van der Waals surface area contributed by atoms with Crippen molar-refractivity contribution >= 4 is 17.9 Å². The van der Waals surface area contributed by atoms with Crippen LogP contribution in [0.2, 0.25) is 0 Å². The van der Waals surface area contributed by atoms with Gasteiger partial charge in [-0.3, -0.25) is 0 Å². The average Bonchev–Trinajstić information content (AvgIpc) is 2.86. The Morgan fingerprint density at radius 2 is 2.18 bits per heavy atom. The summed E-state index contributed by atoms with van der Waals surface area (Å²) in [4.78, 5) is 13.1. The van der Waals surface area contributed by atoms with E-state index >= 15 is 0 Å². The molecule has 8 heteroatoms. The number of fused-ring (bicyclic) bond motifs is 3. The normalized spacial score (nSPS) is 17.1. The van der Waals surface area contributed by atoms with Gasteiger partial charge < -0.3 is 10.1 Å². The third kappa shape index (κ3) is 3.06. The van der Waals surface area contributed by atoms with Crippen LogP contribution < -0.4 is 5.32 Å². The second kappa shape index (κ2) is 5.60. The fourth-order valence-corrected chi connectivity index (χ4v) is 3.14. The summed E-state index contributed by atoms with van der Waals surface area (Å²) in [5.41, 5.74) is 0.541. The molecule has 1 aliphatic rings. The van der Waals surface area contributed by atoms with Gasteiger partial charge in [-0.15, -0.1) is 16.9 Å². The van der Waals surface area contributed by atoms with E-state index in [1.807, 2.05) is 45.0 Å². The molecule has 0 saturated carbocycles. The van der Waals surface area contributed by atoms with E-state index in [-0.39, 0.29) is 5.54 Å². The number of ether oxygens (including phenoxy) is 1. The van der Waals surface area contributed by atoms with E-state index in [9.17, 15) is 4.79 Å². The number of thioether (sulfide) groups is 1. The van der Waals surface area contributed by atoms with Crippen molar-refractivity contribution in [1.82, 2.24) is 25.5 Å². The second-order valence-corrected chi connectivity index (χ2v) is 7.06. The van der Waals surface area contributed by atoms with Crippen LogP contribution in [0.3, 0.4) is 0 Å². The fraction of sp³-hybridized carbons (Fsp3) is 0.429. The minimum Gasteiger partial charge on any atom is -0.437 e. The molecule has 2 aromatic rings. The third-order valence-electron chi connectivity index (χ3n) is 2.99. The molecule has 0 radical (unpaired) electrons. The van der Waals surface area contributed by atoms with E-state index in [4.69, 9.17) is 4.74 Å². The maximum Gasteiger partial charge on any atom is 0.408 e. The highest BCUT2D eigenvalue weighted by Crippen LogP contribution is 2.35. The van der Waals surface area contributed by atoms with Crippen molar-refractivity contribution in [1.29, 1.82) is 0 Å². The van der Waals surface area contributed by atoms with Gasteiger partial charge >= 0.3 is 6.09 Å². The van der Waals surface area contributed by atoms with Crippen molar-refractivity contribution in [2.24, 2.45) is 0 Å². The standard InChI is InChI=1S/C14H17N5O2S/c1-14(2,3)15-13(20)21-10-8-22-11-7-5-4-6-9(11)19-12(10)16-17-18-19/h4-7,10H,8H2,1-3H3,(H,15,20)/t10-/m0/s1. The van der Waals surface area contributed by atoms with Gasteiger partial charge in [0.15, 0.2) is 11.9 Å². The number of para-hydroxylation sites is 1. The lowest BCUT2D eigenvalue weighted by molar-refractivity contribution is 0.0971. The van der Waals surface area contributed by atoms with E-state index in [0.29, 0.717) is 11.6 Å². The van der Waals surface area contributed by atoms with Gasteiger partial charge in [-0.25, -0.2) is 4.79 Å². The fourth-order valence-electron chi connectivity index (χ4n) is 2.11. The first-order valence-corrected chi connectivity index (χ1v) is 7.92. The van der Waals surface area contributed by atoms with Crippen molar-refractivity contribution in [2.45, 2.75) is 37.3 Å². The summed E-state index contributed by atoms with van der Waals surface area (Å²) in [6, 6.07) is 7.84. The number of carbonyl (C=O) groups excluding carboxylic acids is 1. The Morgan fingerprint density at radius 1 is 1.41 bits per heavy atom. The van der Waals surface area contributed by atoms with E-state index in [1.165, 1.54) is 0 Å². The van der Waals surface area contributed by atoms with Crippen molar-refractivity contribution < 1.29 is 9.53 Å². The van der Waals surface area contributed by atoms with Gasteiger partial charge in [0, 0.05) is 16.2 Å². The zero-order valence-electron chi connectivity index (χ0n) is 12.6. The van der Waals surface area contributed by atoms with Crippen LogP contribution in [0.4, 0.5) is 4.79 Å². The topological polar surface area (TPSA) is 81.9 Å². The number of amides is 1. The van der Waals surface area contributed by atoms with Crippen LogP contribution in [0.25, 0.3) is 5.69 Å². The lowest BCUT2D eigenvalue weighted by Gasteiger charge is -2.22. The molecule has 22 heavy (non-hydrogen) atoms. The number of hydrogen-bond acceptors (Lipinski definition) is 6. The molecule has 1 aromatic heterocycles. The first kappa shape index (κ1) is 14.8. The number of benzene rings is 1. The van der Waals surface area contributed by atoms with Gasteiger partial charge in [-0.1, -0.05) is 12.1 Å². The Hall–Kier alpha value is -2.09. The molecule has 0 aliphatic carbocycles. The molecule has 0 spiro atoms. The van der Waals surface area contributed by atoms with Crippen molar-refractivity contribution in [3.05, 3.63) is 30.1 Å². The molecule has 0 bridgehead atoms. The van der Waals surface area contributed by atoms with Crippen LogP contribution in [0.5, 0.6) is 0 Å². The smallest absolute Gasteiger partial charge is 0.408 e. The van der Waals surface area contributed by atoms with Crippen LogP contribution in [-0.4, -0.2) is 37.6 Å². The zero-order valence-corrected chi connectivity index (χ0v) is 13.4. The molecule has 1 aliphatic heterocycles. The predicted molar refractivity (Wildman–Crippen MR) is 82.0 cm³/mol. The van der Waals surface area contributed by atoms with Crippen LogP contribution >= 0.6 is 11.8 Å². The molecule has 1 atom stereocenters. The monoisotopic (exact) mass is 319 g/mol. The maximum atomic E-state index is 12.0. The van der Waals surface area contributed by atoms with E-state index in [0.717, 1.165) is 10.6 Å². The van der Waals surface area contributed by atoms with Gasteiger partial charge in [0.25, 0.3) is 0 Å². The lowest BCUT2D eigenvalue weighted by Crippen LogP contribution is -2.41. The second-order valence-electron chi connectivity index (χ2n) is 6.00. The highest BCUT2D eigenvalue weighted by Gasteiger charge is 2.29. The molecule has 116 valence electrons. The Kier molecular flexibility index (Phi) is 3.78. The molecule has 0 fully saturated rings. The predicted octanol–water partition coefficient (Wildman–Crippen LogP) is 2.33. The number of tetrazole rings is 1. The van der Waals surface area contributed by atoms with Gasteiger partial charge in [0.2, 0.25) is 0 Å². The number of rotatable bonds is 1. The molecule has 0 saturated heterocycles. The van der Waals surface area contributed by atoms with Crippen LogP contribution in [0.1, 0.15) is 32.7 Å². The number of aromatic nitrogens is 4. The molecule has 7 nitrogen and oxygen atoms in total. The molecule has 3 rings (SSSR count). The Balaban J connectivity index is 1.86. The quantitative estimate of drug-likeness (QED) is 0.869. The summed E-state index contributed by atoms with van der Waals surface area (Å²) < 4.78 is 7.16. The van der Waals surface area contributed by atoms with Crippen LogP contribution in [0, 0.1) is 0 Å². The summed E-state index contributed by atoms with van der Waals surface area (Å²) in [7, 11) is 0. The van der Waals surface area contributed by atoms with Gasteiger partial charge in [0.05, 0.1) is 5.69 Å². The highest BCUT2D eigenvalue weighted by atomic mass is 32.2. The molecular weight excluding hydrogens is 302 g/mol. The van der Waals surface area contributed by atoms with Gasteiger partial charge in [0.1, 0.15) is 0 Å². The average molecular weight is 319 g/mol. The van der Waals surface area contributed by atoms with Crippen molar-refractivity contribution in [3.63, 3.8) is 0 Å². The number of nitrogens with zero attached hydrogens (tertiary/aromatic N) is 4. The maximum absolute atomic E-state index is 12.0. The molecule has 0 unspecified atom stereocenters.